The van der Waals surface area contributed by atoms with Crippen molar-refractivity contribution in [2.75, 3.05) is 0 Å². The number of carbonyl (C=O) groups excluding carboxylic acids is 1. The van der Waals surface area contributed by atoms with E-state index in [0.717, 1.165) is 19.1 Å². The molecule has 2 aliphatic carbocycles. The van der Waals surface area contributed by atoms with Crippen molar-refractivity contribution in [1.29, 1.82) is 0 Å². The van der Waals surface area contributed by atoms with E-state index in [1.54, 1.807) is 0 Å². The molecule has 2 nitrogen and oxygen atoms in total. The second-order valence-electron chi connectivity index (χ2n) is 4.93. The minimum Gasteiger partial charge on any atom is -0.389 e. The van der Waals surface area contributed by atoms with Crippen LogP contribution in [0, 0.1) is 17.8 Å². The standard InChI is InChI=1S/C11H18O2/c1-11(13)6-8-4-2-3-5-9(8)10(11)7-12/h7-10,13H,2-6H2,1H3/t8-,9-,10+,11?/m1/s1. The molecule has 1 unspecified atom stereocenters. The van der Waals surface area contributed by atoms with Crippen LogP contribution in [-0.4, -0.2) is 17.0 Å². The maximum atomic E-state index is 10.9. The van der Waals surface area contributed by atoms with Crippen molar-refractivity contribution in [3.05, 3.63) is 0 Å². The summed E-state index contributed by atoms with van der Waals surface area (Å²) in [4.78, 5) is 10.9. The van der Waals surface area contributed by atoms with Gasteiger partial charge in [-0.1, -0.05) is 19.3 Å². The number of fused-ring (bicyclic) bond motifs is 1. The molecule has 2 rings (SSSR count). The van der Waals surface area contributed by atoms with E-state index in [1.165, 1.54) is 19.3 Å². The number of hydrogen-bond acceptors (Lipinski definition) is 2. The van der Waals surface area contributed by atoms with Gasteiger partial charge in [-0.15, -0.1) is 0 Å². The summed E-state index contributed by atoms with van der Waals surface area (Å²) in [6.45, 7) is 1.82. The first-order valence-electron chi connectivity index (χ1n) is 5.33. The van der Waals surface area contributed by atoms with Crippen molar-refractivity contribution in [3.8, 4) is 0 Å². The Balaban J connectivity index is 2.19. The highest BCUT2D eigenvalue weighted by Crippen LogP contribution is 2.49. The predicted molar refractivity (Wildman–Crippen MR) is 50.2 cm³/mol. The fourth-order valence-corrected chi connectivity index (χ4v) is 3.34. The monoisotopic (exact) mass is 182 g/mol. The van der Waals surface area contributed by atoms with Crippen LogP contribution in [0.1, 0.15) is 39.0 Å². The molecular weight excluding hydrogens is 164 g/mol. The molecule has 2 fully saturated rings. The minimum absolute atomic E-state index is 0.0993. The van der Waals surface area contributed by atoms with E-state index < -0.39 is 5.60 Å². The smallest absolute Gasteiger partial charge is 0.126 e. The second-order valence-corrected chi connectivity index (χ2v) is 4.93. The summed E-state index contributed by atoms with van der Waals surface area (Å²) in [6.07, 6.45) is 6.69. The lowest BCUT2D eigenvalue weighted by Gasteiger charge is -2.27. The van der Waals surface area contributed by atoms with Gasteiger partial charge in [0, 0.05) is 5.92 Å². The largest absolute Gasteiger partial charge is 0.389 e. The first-order valence-corrected chi connectivity index (χ1v) is 5.33. The van der Waals surface area contributed by atoms with Gasteiger partial charge in [0.05, 0.1) is 5.60 Å². The molecular formula is C11H18O2. The van der Waals surface area contributed by atoms with E-state index in [-0.39, 0.29) is 5.92 Å². The van der Waals surface area contributed by atoms with Crippen LogP contribution in [0.5, 0.6) is 0 Å². The topological polar surface area (TPSA) is 37.3 Å². The molecule has 0 aromatic carbocycles. The van der Waals surface area contributed by atoms with Crippen LogP contribution in [0.25, 0.3) is 0 Å². The summed E-state index contributed by atoms with van der Waals surface area (Å²) in [7, 11) is 0. The first kappa shape index (κ1) is 9.20. The van der Waals surface area contributed by atoms with Gasteiger partial charge in [0.2, 0.25) is 0 Å². The molecule has 0 saturated heterocycles. The van der Waals surface area contributed by atoms with Crippen molar-refractivity contribution in [2.24, 2.45) is 17.8 Å². The van der Waals surface area contributed by atoms with Gasteiger partial charge in [0.15, 0.2) is 0 Å². The molecule has 2 heteroatoms. The predicted octanol–water partition coefficient (Wildman–Crippen LogP) is 1.76. The zero-order valence-electron chi connectivity index (χ0n) is 8.20. The molecule has 0 radical (unpaired) electrons. The van der Waals surface area contributed by atoms with Crippen molar-refractivity contribution in [1.82, 2.24) is 0 Å². The Morgan fingerprint density at radius 3 is 2.77 bits per heavy atom. The Labute approximate surface area is 79.3 Å². The van der Waals surface area contributed by atoms with Crippen LogP contribution in [-0.2, 0) is 4.79 Å². The van der Waals surface area contributed by atoms with Crippen molar-refractivity contribution < 1.29 is 9.90 Å². The highest BCUT2D eigenvalue weighted by Gasteiger charge is 2.49. The zero-order chi connectivity index (χ0) is 9.47. The van der Waals surface area contributed by atoms with Crippen LogP contribution in [0.4, 0.5) is 0 Å². The van der Waals surface area contributed by atoms with E-state index in [4.69, 9.17) is 0 Å². The number of carbonyl (C=O) groups is 1. The van der Waals surface area contributed by atoms with Gasteiger partial charge in [0.25, 0.3) is 0 Å². The van der Waals surface area contributed by atoms with Gasteiger partial charge < -0.3 is 9.90 Å². The van der Waals surface area contributed by atoms with Gasteiger partial charge in [0.1, 0.15) is 6.29 Å². The lowest BCUT2D eigenvalue weighted by atomic mass is 9.78. The molecule has 0 aromatic heterocycles. The molecule has 0 aromatic rings. The Hall–Kier alpha value is -0.370. The van der Waals surface area contributed by atoms with Gasteiger partial charge in [-0.05, 0) is 31.6 Å². The molecule has 0 aliphatic heterocycles. The summed E-state index contributed by atoms with van der Waals surface area (Å²) < 4.78 is 0. The average molecular weight is 182 g/mol. The van der Waals surface area contributed by atoms with E-state index in [0.29, 0.717) is 11.8 Å². The number of rotatable bonds is 1. The number of aldehydes is 1. The summed E-state index contributed by atoms with van der Waals surface area (Å²) in [5, 5.41) is 10.1. The molecule has 13 heavy (non-hydrogen) atoms. The maximum absolute atomic E-state index is 10.9. The Bertz CT molecular complexity index is 210. The molecule has 0 heterocycles. The van der Waals surface area contributed by atoms with Crippen molar-refractivity contribution in [3.63, 3.8) is 0 Å². The normalized spacial score (nSPS) is 50.2. The lowest BCUT2D eigenvalue weighted by Crippen LogP contribution is -2.33. The number of hydrogen-bond donors (Lipinski definition) is 1. The summed E-state index contributed by atoms with van der Waals surface area (Å²) in [5.41, 5.74) is -0.721. The SMILES string of the molecule is CC1(O)C[C@H]2CCCC[C@H]2[C@@H]1C=O. The molecule has 2 aliphatic rings. The van der Waals surface area contributed by atoms with Gasteiger partial charge in [-0.2, -0.15) is 0 Å². The molecule has 74 valence electrons. The molecule has 0 bridgehead atoms. The quantitative estimate of drug-likeness (QED) is 0.627. The Morgan fingerprint density at radius 1 is 1.38 bits per heavy atom. The van der Waals surface area contributed by atoms with Crippen LogP contribution < -0.4 is 0 Å². The van der Waals surface area contributed by atoms with E-state index in [1.807, 2.05) is 6.92 Å². The fourth-order valence-electron chi connectivity index (χ4n) is 3.34. The van der Waals surface area contributed by atoms with Gasteiger partial charge in [-0.3, -0.25) is 0 Å². The fraction of sp³-hybridized carbons (Fsp3) is 0.909. The highest BCUT2D eigenvalue weighted by atomic mass is 16.3. The Kier molecular flexibility index (Phi) is 2.18. The van der Waals surface area contributed by atoms with Gasteiger partial charge in [-0.25, -0.2) is 0 Å². The highest BCUT2D eigenvalue weighted by molar-refractivity contribution is 5.57. The average Bonchev–Trinajstić information content (AvgIpc) is 2.33. The second kappa shape index (κ2) is 3.09. The third-order valence-corrected chi connectivity index (χ3v) is 3.97. The molecule has 0 amide bonds. The van der Waals surface area contributed by atoms with Gasteiger partial charge >= 0.3 is 0 Å². The van der Waals surface area contributed by atoms with E-state index >= 15 is 0 Å². The van der Waals surface area contributed by atoms with Crippen LogP contribution >= 0.6 is 0 Å². The summed E-state index contributed by atoms with van der Waals surface area (Å²) >= 11 is 0. The van der Waals surface area contributed by atoms with E-state index in [9.17, 15) is 9.90 Å². The number of aliphatic hydroxyl groups is 1. The molecule has 2 saturated carbocycles. The first-order chi connectivity index (χ1) is 6.15. The molecule has 4 atom stereocenters. The van der Waals surface area contributed by atoms with Crippen LogP contribution in [0.3, 0.4) is 0 Å². The zero-order valence-corrected chi connectivity index (χ0v) is 8.20. The third-order valence-electron chi connectivity index (χ3n) is 3.97. The molecule has 1 N–H and O–H groups in total. The lowest BCUT2D eigenvalue weighted by molar-refractivity contribution is -0.118. The summed E-state index contributed by atoms with van der Waals surface area (Å²) in [5.74, 6) is 0.984. The van der Waals surface area contributed by atoms with Crippen LogP contribution in [0.15, 0.2) is 0 Å². The maximum Gasteiger partial charge on any atom is 0.126 e. The van der Waals surface area contributed by atoms with Crippen LogP contribution in [0.2, 0.25) is 0 Å². The van der Waals surface area contributed by atoms with E-state index in [2.05, 4.69) is 0 Å². The molecule has 0 spiro atoms. The minimum atomic E-state index is -0.721. The summed E-state index contributed by atoms with van der Waals surface area (Å²) in [6, 6.07) is 0. The van der Waals surface area contributed by atoms with Crippen molar-refractivity contribution >= 4 is 6.29 Å². The van der Waals surface area contributed by atoms with Crippen molar-refractivity contribution in [2.45, 2.75) is 44.6 Å². The Morgan fingerprint density at radius 2 is 2.08 bits per heavy atom. The third kappa shape index (κ3) is 1.41.